The number of hydrogen-bond acceptors (Lipinski definition) is 4. The van der Waals surface area contributed by atoms with Gasteiger partial charge in [0.05, 0.1) is 4.90 Å². The molecule has 0 aromatic heterocycles. The van der Waals surface area contributed by atoms with E-state index in [1.165, 1.54) is 17.7 Å². The highest BCUT2D eigenvalue weighted by atomic mass is 32.2. The van der Waals surface area contributed by atoms with Crippen LogP contribution in [0.4, 0.5) is 5.69 Å². The average Bonchev–Trinajstić information content (AvgIpc) is 2.80. The van der Waals surface area contributed by atoms with Crippen molar-refractivity contribution in [3.63, 3.8) is 0 Å². The zero-order valence-corrected chi connectivity index (χ0v) is 18.6. The fourth-order valence-corrected chi connectivity index (χ4v) is 5.04. The fourth-order valence-electron chi connectivity index (χ4n) is 3.96. The number of piperidine rings is 1. The lowest BCUT2D eigenvalue weighted by Crippen LogP contribution is -2.47. The second-order valence-corrected chi connectivity index (χ2v) is 9.72. The van der Waals surface area contributed by atoms with E-state index in [0.29, 0.717) is 11.3 Å². The molecule has 0 aliphatic carbocycles. The van der Waals surface area contributed by atoms with E-state index in [2.05, 4.69) is 27.1 Å². The molecule has 0 radical (unpaired) electrons. The Labute approximate surface area is 189 Å². The predicted molar refractivity (Wildman–Crippen MR) is 126 cm³/mol. The molecule has 166 valence electrons. The first-order valence-electron chi connectivity index (χ1n) is 10.7. The molecule has 1 saturated heterocycles. The van der Waals surface area contributed by atoms with Gasteiger partial charge in [0, 0.05) is 30.4 Å². The zero-order valence-electron chi connectivity index (χ0n) is 17.8. The Kier molecular flexibility index (Phi) is 6.87. The summed E-state index contributed by atoms with van der Waals surface area (Å²) in [6.45, 7) is 2.67. The van der Waals surface area contributed by atoms with Gasteiger partial charge in [0.1, 0.15) is 0 Å². The van der Waals surface area contributed by atoms with E-state index in [0.717, 1.165) is 32.5 Å². The third-order valence-electron chi connectivity index (χ3n) is 5.52. The molecule has 0 bridgehead atoms. The summed E-state index contributed by atoms with van der Waals surface area (Å²) < 4.78 is 27.7. The van der Waals surface area contributed by atoms with Gasteiger partial charge < -0.3 is 5.32 Å². The van der Waals surface area contributed by atoms with Gasteiger partial charge >= 0.3 is 0 Å². The van der Waals surface area contributed by atoms with E-state index in [1.807, 2.05) is 18.2 Å². The maximum atomic E-state index is 12.9. The molecule has 1 heterocycles. The first kappa shape index (κ1) is 22.0. The van der Waals surface area contributed by atoms with Crippen molar-refractivity contribution in [2.45, 2.75) is 30.3 Å². The van der Waals surface area contributed by atoms with Gasteiger partial charge in [0.25, 0.3) is 15.9 Å². The number of nitrogens with zero attached hydrogens (tertiary/aromatic N) is 1. The number of rotatable bonds is 7. The standard InChI is InChI=1S/C25H27N3O3S/c29-25(26-23-13-8-16-28(19-23)18-20-9-3-1-4-10-20)21-11-7-12-22(17-21)27-32(30,31)24-14-5-2-6-15-24/h1-7,9-12,14-15,17,23,27H,8,13,16,18-19H2,(H,26,29). The van der Waals surface area contributed by atoms with Crippen LogP contribution in [0.25, 0.3) is 0 Å². The highest BCUT2D eigenvalue weighted by Crippen LogP contribution is 2.18. The molecule has 3 aromatic rings. The summed E-state index contributed by atoms with van der Waals surface area (Å²) in [4.78, 5) is 15.4. The van der Waals surface area contributed by atoms with Crippen molar-refractivity contribution < 1.29 is 13.2 Å². The number of benzene rings is 3. The molecule has 1 fully saturated rings. The van der Waals surface area contributed by atoms with Gasteiger partial charge in [-0.1, -0.05) is 54.6 Å². The number of likely N-dealkylation sites (tertiary alicyclic amines) is 1. The van der Waals surface area contributed by atoms with Gasteiger partial charge in [-0.05, 0) is 55.3 Å². The largest absolute Gasteiger partial charge is 0.348 e. The molecule has 1 aliphatic rings. The second-order valence-electron chi connectivity index (χ2n) is 8.03. The summed E-state index contributed by atoms with van der Waals surface area (Å²) in [6.07, 6.45) is 1.95. The molecular formula is C25H27N3O3S. The molecule has 4 rings (SSSR count). The lowest BCUT2D eigenvalue weighted by Gasteiger charge is -2.33. The average molecular weight is 450 g/mol. The Balaban J connectivity index is 1.38. The Morgan fingerprint density at radius 2 is 1.66 bits per heavy atom. The minimum atomic E-state index is -3.71. The van der Waals surface area contributed by atoms with E-state index in [9.17, 15) is 13.2 Å². The Bertz CT molecular complexity index is 1150. The van der Waals surface area contributed by atoms with Gasteiger partial charge in [0.2, 0.25) is 0 Å². The second kappa shape index (κ2) is 9.97. The van der Waals surface area contributed by atoms with Crippen molar-refractivity contribution in [3.05, 3.63) is 96.1 Å². The quantitative estimate of drug-likeness (QED) is 0.574. The molecule has 3 aromatic carbocycles. The lowest BCUT2D eigenvalue weighted by atomic mass is 10.0. The number of hydrogen-bond donors (Lipinski definition) is 2. The van der Waals surface area contributed by atoms with Crippen molar-refractivity contribution in [2.24, 2.45) is 0 Å². The highest BCUT2D eigenvalue weighted by molar-refractivity contribution is 7.92. The Hall–Kier alpha value is -3.16. The van der Waals surface area contributed by atoms with E-state index in [4.69, 9.17) is 0 Å². The predicted octanol–water partition coefficient (Wildman–Crippen LogP) is 3.88. The molecule has 32 heavy (non-hydrogen) atoms. The van der Waals surface area contributed by atoms with Crippen LogP contribution in [0.3, 0.4) is 0 Å². The monoisotopic (exact) mass is 449 g/mol. The number of sulfonamides is 1. The highest BCUT2D eigenvalue weighted by Gasteiger charge is 2.22. The molecule has 1 unspecified atom stereocenters. The Morgan fingerprint density at radius 3 is 2.41 bits per heavy atom. The molecule has 7 heteroatoms. The van der Waals surface area contributed by atoms with Crippen molar-refractivity contribution >= 4 is 21.6 Å². The van der Waals surface area contributed by atoms with E-state index in [1.54, 1.807) is 42.5 Å². The van der Waals surface area contributed by atoms with Crippen molar-refractivity contribution in [1.82, 2.24) is 10.2 Å². The summed E-state index contributed by atoms with van der Waals surface area (Å²) in [5, 5.41) is 3.11. The summed E-state index contributed by atoms with van der Waals surface area (Å²) in [6, 6.07) is 25.1. The first-order chi connectivity index (χ1) is 15.5. The number of nitrogens with one attached hydrogen (secondary N) is 2. The minimum absolute atomic E-state index is 0.0598. The first-order valence-corrected chi connectivity index (χ1v) is 12.2. The number of carbonyl (C=O) groups excluding carboxylic acids is 1. The summed E-state index contributed by atoms with van der Waals surface area (Å²) >= 11 is 0. The van der Waals surface area contributed by atoms with Crippen LogP contribution in [0.2, 0.25) is 0 Å². The molecule has 0 saturated carbocycles. The van der Waals surface area contributed by atoms with Crippen molar-refractivity contribution in [2.75, 3.05) is 17.8 Å². The van der Waals surface area contributed by atoms with Crippen molar-refractivity contribution in [1.29, 1.82) is 0 Å². The van der Waals surface area contributed by atoms with Gasteiger partial charge in [0.15, 0.2) is 0 Å². The van der Waals surface area contributed by atoms with Crippen LogP contribution in [0, 0.1) is 0 Å². The molecule has 1 atom stereocenters. The van der Waals surface area contributed by atoms with Crippen molar-refractivity contribution in [3.8, 4) is 0 Å². The van der Waals surface area contributed by atoms with Gasteiger partial charge in [-0.2, -0.15) is 0 Å². The summed E-state index contributed by atoms with van der Waals surface area (Å²) in [7, 11) is -3.71. The molecule has 2 N–H and O–H groups in total. The lowest BCUT2D eigenvalue weighted by molar-refractivity contribution is 0.0901. The normalized spacial score (nSPS) is 16.9. The van der Waals surface area contributed by atoms with E-state index in [-0.39, 0.29) is 16.8 Å². The van der Waals surface area contributed by atoms with Gasteiger partial charge in [-0.15, -0.1) is 0 Å². The van der Waals surface area contributed by atoms with Crippen LogP contribution in [-0.4, -0.2) is 38.4 Å². The van der Waals surface area contributed by atoms with Crippen LogP contribution in [0.15, 0.2) is 89.8 Å². The molecule has 6 nitrogen and oxygen atoms in total. The summed E-state index contributed by atoms with van der Waals surface area (Å²) in [5.74, 6) is -0.197. The van der Waals surface area contributed by atoms with E-state index < -0.39 is 10.0 Å². The minimum Gasteiger partial charge on any atom is -0.348 e. The maximum absolute atomic E-state index is 12.9. The topological polar surface area (TPSA) is 78.5 Å². The molecule has 1 amide bonds. The number of amides is 1. The third-order valence-corrected chi connectivity index (χ3v) is 6.92. The molecule has 1 aliphatic heterocycles. The summed E-state index contributed by atoms with van der Waals surface area (Å²) in [5.41, 5.74) is 2.05. The maximum Gasteiger partial charge on any atom is 0.261 e. The molecular weight excluding hydrogens is 422 g/mol. The van der Waals surface area contributed by atoms with Gasteiger partial charge in [-0.25, -0.2) is 8.42 Å². The van der Waals surface area contributed by atoms with Crippen LogP contribution in [0.1, 0.15) is 28.8 Å². The van der Waals surface area contributed by atoms with Gasteiger partial charge in [-0.3, -0.25) is 14.4 Å². The SMILES string of the molecule is O=C(NC1CCCN(Cc2ccccc2)C1)c1cccc(NS(=O)(=O)c2ccccc2)c1. The Morgan fingerprint density at radius 1 is 0.938 bits per heavy atom. The smallest absolute Gasteiger partial charge is 0.261 e. The number of anilines is 1. The zero-order chi connectivity index (χ0) is 22.4. The van der Waals surface area contributed by atoms with Crippen LogP contribution in [-0.2, 0) is 16.6 Å². The molecule has 0 spiro atoms. The number of carbonyl (C=O) groups is 1. The fraction of sp³-hybridized carbons (Fsp3) is 0.240. The van der Waals surface area contributed by atoms with Crippen LogP contribution < -0.4 is 10.0 Å². The van der Waals surface area contributed by atoms with Crippen LogP contribution >= 0.6 is 0 Å². The van der Waals surface area contributed by atoms with E-state index >= 15 is 0 Å². The van der Waals surface area contributed by atoms with Crippen LogP contribution in [0.5, 0.6) is 0 Å². The third kappa shape index (κ3) is 5.75.